The number of nitrogens with zero attached hydrogens (tertiary/aromatic N) is 2. The van der Waals surface area contributed by atoms with Crippen molar-refractivity contribution in [3.8, 4) is 0 Å². The summed E-state index contributed by atoms with van der Waals surface area (Å²) in [5.41, 5.74) is 5.63. The average molecular weight is 453 g/mol. The van der Waals surface area contributed by atoms with Gasteiger partial charge in [0.15, 0.2) is 0 Å². The normalized spacial score (nSPS) is 14.3. The number of nitrogens with one attached hydrogen (secondary N) is 1. The second-order valence-corrected chi connectivity index (χ2v) is 7.68. The van der Waals surface area contributed by atoms with Crippen molar-refractivity contribution in [3.05, 3.63) is 59.2 Å². The van der Waals surface area contributed by atoms with E-state index in [1.165, 1.54) is 30.3 Å². The minimum atomic E-state index is -4.50. The zero-order valence-corrected chi connectivity index (χ0v) is 17.5. The number of rotatable bonds is 5. The summed E-state index contributed by atoms with van der Waals surface area (Å²) in [4.78, 5) is 25.2. The third-order valence-corrected chi connectivity index (χ3v) is 5.51. The lowest BCUT2D eigenvalue weighted by molar-refractivity contribution is -0.137. The fourth-order valence-electron chi connectivity index (χ4n) is 3.47. The van der Waals surface area contributed by atoms with Crippen molar-refractivity contribution < 1.29 is 22.8 Å². The van der Waals surface area contributed by atoms with E-state index in [2.05, 4.69) is 18.1 Å². The van der Waals surface area contributed by atoms with Crippen LogP contribution in [0.2, 0.25) is 0 Å². The molecule has 0 spiro atoms. The van der Waals surface area contributed by atoms with Gasteiger partial charge in [-0.2, -0.15) is 13.2 Å². The molecule has 3 N–H and O–H groups in total. The Morgan fingerprint density at radius 3 is 2.29 bits per heavy atom. The molecule has 1 aliphatic rings. The second-order valence-electron chi connectivity index (χ2n) is 7.28. The molecule has 0 unspecified atom stereocenters. The van der Waals surface area contributed by atoms with Crippen LogP contribution < -0.4 is 20.3 Å². The number of amides is 3. The number of benzene rings is 2. The van der Waals surface area contributed by atoms with E-state index in [1.54, 1.807) is 11.0 Å². The molecule has 0 bridgehead atoms. The predicted molar refractivity (Wildman–Crippen MR) is 116 cm³/mol. The molecule has 3 amide bonds. The van der Waals surface area contributed by atoms with Gasteiger partial charge in [-0.1, -0.05) is 18.9 Å². The Bertz CT molecular complexity index is 945. The van der Waals surface area contributed by atoms with E-state index in [1.807, 2.05) is 0 Å². The highest BCUT2D eigenvalue weighted by Gasteiger charge is 2.35. The summed E-state index contributed by atoms with van der Waals surface area (Å²) in [6.07, 6.45) is -1.74. The molecular weight excluding hydrogens is 429 g/mol. The fourth-order valence-corrected chi connectivity index (χ4v) is 3.67. The summed E-state index contributed by atoms with van der Waals surface area (Å²) in [5.74, 6) is -0.602. The minimum Gasteiger partial charge on any atom is -0.371 e. The van der Waals surface area contributed by atoms with Crippen LogP contribution in [-0.4, -0.2) is 25.0 Å². The number of carbonyl (C=O) groups excluding carboxylic acids is 2. The van der Waals surface area contributed by atoms with Gasteiger partial charge in [-0.15, -0.1) is 0 Å². The minimum absolute atomic E-state index is 0.0986. The van der Waals surface area contributed by atoms with Crippen molar-refractivity contribution in [2.75, 3.05) is 22.3 Å². The third kappa shape index (κ3) is 5.63. The van der Waals surface area contributed by atoms with Crippen molar-refractivity contribution >= 4 is 36.1 Å². The standard InChI is InChI=1S/C21H23F3N4O2S/c22-21(23,24)17-12-14(4-9-18(17)27-10-2-1-3-11-27)13-26-20(30)28(31)16-7-5-15(6-8-16)19(25)29/h4-9,12,31H,1-3,10-11,13H2,(H2,25,29)(H,26,30). The van der Waals surface area contributed by atoms with E-state index < -0.39 is 23.7 Å². The lowest BCUT2D eigenvalue weighted by atomic mass is 10.0. The Hall–Kier alpha value is -2.88. The van der Waals surface area contributed by atoms with E-state index >= 15 is 0 Å². The number of urea groups is 1. The number of anilines is 2. The summed E-state index contributed by atoms with van der Waals surface area (Å²) in [5, 5.41) is 2.55. The number of thiol groups is 1. The quantitative estimate of drug-likeness (QED) is 0.590. The van der Waals surface area contributed by atoms with Crippen LogP contribution in [0.15, 0.2) is 42.5 Å². The molecule has 0 atom stereocenters. The zero-order valence-electron chi connectivity index (χ0n) is 16.7. The van der Waals surface area contributed by atoms with Crippen LogP contribution in [0, 0.1) is 0 Å². The van der Waals surface area contributed by atoms with Crippen molar-refractivity contribution in [3.63, 3.8) is 0 Å². The maximum Gasteiger partial charge on any atom is 0.418 e. The van der Waals surface area contributed by atoms with E-state index in [0.717, 1.165) is 29.6 Å². The van der Waals surface area contributed by atoms with Crippen LogP contribution >= 0.6 is 12.8 Å². The number of piperidine rings is 1. The number of hydrogen-bond donors (Lipinski definition) is 3. The third-order valence-electron chi connectivity index (χ3n) is 5.10. The summed E-state index contributed by atoms with van der Waals surface area (Å²) < 4.78 is 42.0. The van der Waals surface area contributed by atoms with Crippen LogP contribution in [0.25, 0.3) is 0 Å². The van der Waals surface area contributed by atoms with Gasteiger partial charge in [0.25, 0.3) is 0 Å². The first-order valence-electron chi connectivity index (χ1n) is 9.78. The van der Waals surface area contributed by atoms with Gasteiger partial charge in [-0.05, 0) is 61.2 Å². The number of hydrogen-bond acceptors (Lipinski definition) is 4. The predicted octanol–water partition coefficient (Wildman–Crippen LogP) is 4.36. The van der Waals surface area contributed by atoms with E-state index in [9.17, 15) is 22.8 Å². The van der Waals surface area contributed by atoms with Gasteiger partial charge in [-0.25, -0.2) is 9.10 Å². The van der Waals surface area contributed by atoms with Crippen LogP contribution in [-0.2, 0) is 12.7 Å². The van der Waals surface area contributed by atoms with E-state index in [0.29, 0.717) is 24.3 Å². The molecule has 2 aromatic rings. The zero-order chi connectivity index (χ0) is 22.6. The molecule has 1 heterocycles. The van der Waals surface area contributed by atoms with Gasteiger partial charge in [0.2, 0.25) is 5.91 Å². The second kappa shape index (κ2) is 9.51. The summed E-state index contributed by atoms with van der Waals surface area (Å²) >= 11 is 4.12. The molecule has 31 heavy (non-hydrogen) atoms. The number of primary amides is 1. The number of nitrogens with two attached hydrogens (primary N) is 1. The first kappa shape index (κ1) is 22.8. The largest absolute Gasteiger partial charge is 0.418 e. The summed E-state index contributed by atoms with van der Waals surface area (Å²) in [6.45, 7) is 1.10. The average Bonchev–Trinajstić information content (AvgIpc) is 2.76. The van der Waals surface area contributed by atoms with Crippen LogP contribution in [0.3, 0.4) is 0 Å². The lowest BCUT2D eigenvalue weighted by Crippen LogP contribution is -2.34. The molecule has 2 aromatic carbocycles. The number of carbonyl (C=O) groups is 2. The Morgan fingerprint density at radius 2 is 1.71 bits per heavy atom. The van der Waals surface area contributed by atoms with Gasteiger partial charge in [-0.3, -0.25) is 4.79 Å². The number of halogens is 3. The van der Waals surface area contributed by atoms with Crippen LogP contribution in [0.4, 0.5) is 29.3 Å². The molecule has 1 saturated heterocycles. The SMILES string of the molecule is NC(=O)c1ccc(N(S)C(=O)NCc2ccc(N3CCCCC3)c(C(F)(F)F)c2)cc1. The summed E-state index contributed by atoms with van der Waals surface area (Å²) in [7, 11) is 0. The first-order chi connectivity index (χ1) is 14.7. The van der Waals surface area contributed by atoms with E-state index in [4.69, 9.17) is 5.73 Å². The van der Waals surface area contributed by atoms with Crippen LogP contribution in [0.1, 0.15) is 40.7 Å². The van der Waals surface area contributed by atoms with Gasteiger partial charge < -0.3 is 16.0 Å². The van der Waals surface area contributed by atoms with Crippen molar-refractivity contribution in [2.45, 2.75) is 32.0 Å². The summed E-state index contributed by atoms with van der Waals surface area (Å²) in [6, 6.07) is 9.38. The van der Waals surface area contributed by atoms with E-state index in [-0.39, 0.29) is 17.8 Å². The highest BCUT2D eigenvalue weighted by Crippen LogP contribution is 2.38. The molecule has 10 heteroatoms. The maximum absolute atomic E-state index is 13.7. The Morgan fingerprint density at radius 1 is 1.06 bits per heavy atom. The highest BCUT2D eigenvalue weighted by atomic mass is 32.1. The molecule has 6 nitrogen and oxygen atoms in total. The smallest absolute Gasteiger partial charge is 0.371 e. The van der Waals surface area contributed by atoms with Crippen LogP contribution in [0.5, 0.6) is 0 Å². The Balaban J connectivity index is 1.70. The highest BCUT2D eigenvalue weighted by molar-refractivity contribution is 7.82. The van der Waals surface area contributed by atoms with Gasteiger partial charge >= 0.3 is 12.2 Å². The van der Waals surface area contributed by atoms with Gasteiger partial charge in [0, 0.05) is 30.9 Å². The van der Waals surface area contributed by atoms with Gasteiger partial charge in [0.05, 0.1) is 11.3 Å². The molecule has 1 fully saturated rings. The van der Waals surface area contributed by atoms with Gasteiger partial charge in [0.1, 0.15) is 0 Å². The fraction of sp³-hybridized carbons (Fsp3) is 0.333. The molecule has 0 saturated carbocycles. The van der Waals surface area contributed by atoms with Crippen molar-refractivity contribution in [2.24, 2.45) is 5.73 Å². The molecule has 1 aliphatic heterocycles. The molecule has 0 radical (unpaired) electrons. The molecule has 166 valence electrons. The Kier molecular flexibility index (Phi) is 6.99. The Labute approximate surface area is 183 Å². The molecule has 3 rings (SSSR count). The maximum atomic E-state index is 13.7. The monoisotopic (exact) mass is 452 g/mol. The molecular formula is C21H23F3N4O2S. The molecule has 0 aliphatic carbocycles. The van der Waals surface area contributed by atoms with Crippen molar-refractivity contribution in [1.29, 1.82) is 0 Å². The lowest BCUT2D eigenvalue weighted by Gasteiger charge is -2.31. The van der Waals surface area contributed by atoms with Crippen molar-refractivity contribution in [1.82, 2.24) is 5.32 Å². The molecule has 0 aromatic heterocycles. The topological polar surface area (TPSA) is 78.7 Å². The number of alkyl halides is 3. The first-order valence-corrected chi connectivity index (χ1v) is 10.2.